The molecule has 6 heteroatoms. The molecule has 1 N–H and O–H groups in total. The second-order valence-electron chi connectivity index (χ2n) is 8.20. The molecule has 1 aliphatic heterocycles. The smallest absolute Gasteiger partial charge is 0.224 e. The lowest BCUT2D eigenvalue weighted by Gasteiger charge is -2.28. The van der Waals surface area contributed by atoms with Gasteiger partial charge in [0.25, 0.3) is 0 Å². The van der Waals surface area contributed by atoms with E-state index in [1.807, 2.05) is 12.1 Å². The number of furan rings is 1. The molecule has 4 rings (SSSR count). The molecular formula is C24H29N3O3. The van der Waals surface area contributed by atoms with Crippen LogP contribution in [-0.4, -0.2) is 37.2 Å². The van der Waals surface area contributed by atoms with Gasteiger partial charge in [-0.25, -0.2) is 4.98 Å². The highest BCUT2D eigenvalue weighted by Crippen LogP contribution is 2.29. The molecule has 1 aliphatic rings. The largest absolute Gasteiger partial charge is 0.464 e. The molecule has 0 bridgehead atoms. The Morgan fingerprint density at radius 3 is 2.80 bits per heavy atom. The fourth-order valence-corrected chi connectivity index (χ4v) is 3.98. The summed E-state index contributed by atoms with van der Waals surface area (Å²) in [6.45, 7) is 10.1. The van der Waals surface area contributed by atoms with Crippen molar-refractivity contribution in [2.45, 2.75) is 39.7 Å². The van der Waals surface area contributed by atoms with Gasteiger partial charge in [0, 0.05) is 36.8 Å². The third kappa shape index (κ3) is 4.49. The summed E-state index contributed by atoms with van der Waals surface area (Å²) in [5.41, 5.74) is 5.31. The van der Waals surface area contributed by atoms with Gasteiger partial charge < -0.3 is 19.4 Å². The molecule has 3 heterocycles. The maximum Gasteiger partial charge on any atom is 0.224 e. The van der Waals surface area contributed by atoms with E-state index in [1.165, 1.54) is 11.1 Å². The number of amides is 1. The predicted octanol–water partition coefficient (Wildman–Crippen LogP) is 3.96. The summed E-state index contributed by atoms with van der Waals surface area (Å²) in [7, 11) is 0. The topological polar surface area (TPSA) is 67.6 Å². The number of aromatic nitrogens is 1. The summed E-state index contributed by atoms with van der Waals surface area (Å²) in [5.74, 6) is 1.34. The van der Waals surface area contributed by atoms with Crippen molar-refractivity contribution in [1.82, 2.24) is 10.3 Å². The molecule has 1 aromatic carbocycles. The minimum absolute atomic E-state index is 0.0193. The molecule has 158 valence electrons. The maximum absolute atomic E-state index is 12.6. The van der Waals surface area contributed by atoms with Crippen LogP contribution in [0.5, 0.6) is 0 Å². The number of benzene rings is 1. The van der Waals surface area contributed by atoms with E-state index in [0.717, 1.165) is 54.2 Å². The van der Waals surface area contributed by atoms with Crippen molar-refractivity contribution < 1.29 is 13.9 Å². The van der Waals surface area contributed by atoms with Gasteiger partial charge in [-0.1, -0.05) is 13.8 Å². The average molecular weight is 408 g/mol. The number of nitrogens with zero attached hydrogens (tertiary/aromatic N) is 2. The van der Waals surface area contributed by atoms with Crippen molar-refractivity contribution in [2.75, 3.05) is 31.2 Å². The standard InChI is InChI=1S/C24H29N3O3/c1-16(2)20-13-21-19(15-30-22(21)10-17(20)3)12-24(28)26-14-18-4-5-25-23(11-18)27-6-8-29-9-7-27/h4-5,10-11,13,15-16H,6-9,12,14H2,1-3H3,(H,26,28). The molecule has 30 heavy (non-hydrogen) atoms. The van der Waals surface area contributed by atoms with Gasteiger partial charge in [-0.15, -0.1) is 0 Å². The lowest BCUT2D eigenvalue weighted by Crippen LogP contribution is -2.36. The summed E-state index contributed by atoms with van der Waals surface area (Å²) in [6.07, 6.45) is 3.80. The summed E-state index contributed by atoms with van der Waals surface area (Å²) >= 11 is 0. The van der Waals surface area contributed by atoms with Crippen LogP contribution in [0.1, 0.15) is 42.0 Å². The van der Waals surface area contributed by atoms with Crippen molar-refractivity contribution >= 4 is 22.7 Å². The Balaban J connectivity index is 1.41. The Morgan fingerprint density at radius 1 is 1.23 bits per heavy atom. The number of rotatable bonds is 6. The summed E-state index contributed by atoms with van der Waals surface area (Å²) in [5, 5.41) is 4.06. The second-order valence-corrected chi connectivity index (χ2v) is 8.20. The van der Waals surface area contributed by atoms with E-state index >= 15 is 0 Å². The monoisotopic (exact) mass is 407 g/mol. The zero-order chi connectivity index (χ0) is 21.1. The van der Waals surface area contributed by atoms with Gasteiger partial charge in [0.2, 0.25) is 5.91 Å². The van der Waals surface area contributed by atoms with Gasteiger partial charge in [-0.05, 0) is 53.8 Å². The zero-order valence-electron chi connectivity index (χ0n) is 17.9. The van der Waals surface area contributed by atoms with Gasteiger partial charge in [-0.3, -0.25) is 4.79 Å². The summed E-state index contributed by atoms with van der Waals surface area (Å²) in [4.78, 5) is 19.3. The average Bonchev–Trinajstić information content (AvgIpc) is 3.13. The van der Waals surface area contributed by atoms with Crippen LogP contribution in [0.15, 0.2) is 41.1 Å². The van der Waals surface area contributed by atoms with E-state index in [-0.39, 0.29) is 5.91 Å². The highest BCUT2D eigenvalue weighted by Gasteiger charge is 2.15. The minimum Gasteiger partial charge on any atom is -0.464 e. The van der Waals surface area contributed by atoms with Gasteiger partial charge in [0.15, 0.2) is 0 Å². The van der Waals surface area contributed by atoms with Crippen LogP contribution < -0.4 is 10.2 Å². The highest BCUT2D eigenvalue weighted by atomic mass is 16.5. The Bertz CT molecular complexity index is 1040. The van der Waals surface area contributed by atoms with Crippen molar-refractivity contribution in [2.24, 2.45) is 0 Å². The van der Waals surface area contributed by atoms with Crippen LogP contribution >= 0.6 is 0 Å². The van der Waals surface area contributed by atoms with E-state index in [4.69, 9.17) is 9.15 Å². The lowest BCUT2D eigenvalue weighted by molar-refractivity contribution is -0.120. The van der Waals surface area contributed by atoms with E-state index < -0.39 is 0 Å². The Kier molecular flexibility index (Phi) is 6.04. The van der Waals surface area contributed by atoms with Gasteiger partial charge in [-0.2, -0.15) is 0 Å². The van der Waals surface area contributed by atoms with E-state index in [2.05, 4.69) is 48.1 Å². The van der Waals surface area contributed by atoms with Crippen LogP contribution in [0, 0.1) is 6.92 Å². The SMILES string of the molecule is Cc1cc2occ(CC(=O)NCc3ccnc(N4CCOCC4)c3)c2cc1C(C)C. The number of carbonyl (C=O) groups is 1. The van der Waals surface area contributed by atoms with Gasteiger partial charge in [0.1, 0.15) is 11.4 Å². The number of fused-ring (bicyclic) bond motifs is 1. The highest BCUT2D eigenvalue weighted by molar-refractivity contribution is 5.88. The first kappa shape index (κ1) is 20.4. The number of hydrogen-bond acceptors (Lipinski definition) is 5. The van der Waals surface area contributed by atoms with Crippen LogP contribution in [0.25, 0.3) is 11.0 Å². The van der Waals surface area contributed by atoms with Crippen LogP contribution in [0.4, 0.5) is 5.82 Å². The number of nitrogens with one attached hydrogen (secondary N) is 1. The number of anilines is 1. The normalized spacial score (nSPS) is 14.5. The summed E-state index contributed by atoms with van der Waals surface area (Å²) in [6, 6.07) is 8.21. The quantitative estimate of drug-likeness (QED) is 0.670. The number of morpholine rings is 1. The molecule has 0 spiro atoms. The zero-order valence-corrected chi connectivity index (χ0v) is 17.9. The number of aryl methyl sites for hydroxylation is 1. The fraction of sp³-hybridized carbons (Fsp3) is 0.417. The van der Waals surface area contributed by atoms with Crippen LogP contribution in [0.3, 0.4) is 0 Å². The fourth-order valence-electron chi connectivity index (χ4n) is 3.98. The Morgan fingerprint density at radius 2 is 2.03 bits per heavy atom. The van der Waals surface area contributed by atoms with E-state index in [0.29, 0.717) is 18.9 Å². The van der Waals surface area contributed by atoms with Crippen molar-refractivity contribution in [1.29, 1.82) is 0 Å². The van der Waals surface area contributed by atoms with E-state index in [1.54, 1.807) is 12.5 Å². The molecule has 0 atom stereocenters. The lowest BCUT2D eigenvalue weighted by atomic mass is 9.95. The number of carbonyl (C=O) groups excluding carboxylic acids is 1. The van der Waals surface area contributed by atoms with Crippen molar-refractivity contribution in [3.63, 3.8) is 0 Å². The summed E-state index contributed by atoms with van der Waals surface area (Å²) < 4.78 is 11.1. The van der Waals surface area contributed by atoms with Crippen LogP contribution in [-0.2, 0) is 22.5 Å². The van der Waals surface area contributed by atoms with Gasteiger partial charge >= 0.3 is 0 Å². The molecule has 6 nitrogen and oxygen atoms in total. The molecular weight excluding hydrogens is 378 g/mol. The maximum atomic E-state index is 12.6. The molecule has 0 unspecified atom stereocenters. The molecule has 2 aromatic heterocycles. The first-order valence-corrected chi connectivity index (χ1v) is 10.6. The molecule has 3 aromatic rings. The predicted molar refractivity (Wildman–Crippen MR) is 118 cm³/mol. The van der Waals surface area contributed by atoms with Crippen LogP contribution in [0.2, 0.25) is 0 Å². The van der Waals surface area contributed by atoms with E-state index in [9.17, 15) is 4.79 Å². The number of ether oxygens (including phenoxy) is 1. The molecule has 0 saturated carbocycles. The minimum atomic E-state index is -0.0193. The Hall–Kier alpha value is -2.86. The molecule has 1 saturated heterocycles. The number of pyridine rings is 1. The molecule has 1 fully saturated rings. The third-order valence-electron chi connectivity index (χ3n) is 5.65. The van der Waals surface area contributed by atoms with Crippen molar-refractivity contribution in [3.8, 4) is 0 Å². The second kappa shape index (κ2) is 8.88. The molecule has 0 aliphatic carbocycles. The van der Waals surface area contributed by atoms with Gasteiger partial charge in [0.05, 0.1) is 25.9 Å². The molecule has 1 amide bonds. The Labute approximate surface area is 177 Å². The van der Waals surface area contributed by atoms with Crippen molar-refractivity contribution in [3.05, 3.63) is 59.0 Å². The third-order valence-corrected chi connectivity index (χ3v) is 5.65. The molecule has 0 radical (unpaired) electrons. The first-order chi connectivity index (χ1) is 14.5. The number of hydrogen-bond donors (Lipinski definition) is 1. The first-order valence-electron chi connectivity index (χ1n) is 10.6.